The number of benzene rings is 2. The van der Waals surface area contributed by atoms with Gasteiger partial charge >= 0.3 is 0 Å². The van der Waals surface area contributed by atoms with Crippen LogP contribution >= 0.6 is 0 Å². The maximum Gasteiger partial charge on any atom is 0.112 e. The van der Waals surface area contributed by atoms with Crippen molar-refractivity contribution in [3.63, 3.8) is 0 Å². The van der Waals surface area contributed by atoms with E-state index in [2.05, 4.69) is 43.3 Å². The van der Waals surface area contributed by atoms with Crippen molar-refractivity contribution in [3.8, 4) is 0 Å². The Labute approximate surface area is 102 Å². The number of rotatable bonds is 4. The van der Waals surface area contributed by atoms with Crippen LogP contribution in [0.25, 0.3) is 6.08 Å². The Morgan fingerprint density at radius 3 is 2.35 bits per heavy atom. The van der Waals surface area contributed by atoms with E-state index in [9.17, 15) is 0 Å². The van der Waals surface area contributed by atoms with Gasteiger partial charge in [-0.3, -0.25) is 0 Å². The fraction of sp³-hybridized carbons (Fsp3) is 0.125. The van der Waals surface area contributed by atoms with Crippen molar-refractivity contribution in [1.82, 2.24) is 0 Å². The van der Waals surface area contributed by atoms with Crippen LogP contribution in [0.5, 0.6) is 0 Å². The van der Waals surface area contributed by atoms with Crippen LogP contribution in [0.2, 0.25) is 0 Å². The molecule has 0 aliphatic carbocycles. The second kappa shape index (κ2) is 5.90. The zero-order valence-electron chi connectivity index (χ0n) is 9.97. The van der Waals surface area contributed by atoms with Gasteiger partial charge in [-0.25, -0.2) is 0 Å². The summed E-state index contributed by atoms with van der Waals surface area (Å²) in [7, 11) is 0. The molecular weight excluding hydrogens is 208 g/mol. The highest BCUT2D eigenvalue weighted by atomic mass is 16.5. The lowest BCUT2D eigenvalue weighted by Crippen LogP contribution is -1.84. The van der Waals surface area contributed by atoms with E-state index in [0.717, 1.165) is 5.56 Å². The topological polar surface area (TPSA) is 9.23 Å². The highest BCUT2D eigenvalue weighted by molar-refractivity contribution is 5.48. The maximum atomic E-state index is 5.47. The van der Waals surface area contributed by atoms with Gasteiger partial charge < -0.3 is 4.74 Å². The van der Waals surface area contributed by atoms with Gasteiger partial charge in [-0.2, -0.15) is 0 Å². The molecular formula is C16H16O. The number of ether oxygens (including phenoxy) is 1. The molecule has 17 heavy (non-hydrogen) atoms. The Kier molecular flexibility index (Phi) is 3.98. The Bertz CT molecular complexity index is 469. The minimum atomic E-state index is 0.614. The molecule has 1 nitrogen and oxygen atoms in total. The summed E-state index contributed by atoms with van der Waals surface area (Å²) >= 11 is 0. The molecule has 0 aliphatic heterocycles. The first-order chi connectivity index (χ1) is 8.34. The molecule has 0 unspecified atom stereocenters. The van der Waals surface area contributed by atoms with Crippen molar-refractivity contribution in [2.75, 3.05) is 0 Å². The first-order valence-corrected chi connectivity index (χ1v) is 5.73. The number of aryl methyl sites for hydroxylation is 1. The largest absolute Gasteiger partial charge is 0.496 e. The van der Waals surface area contributed by atoms with E-state index >= 15 is 0 Å². The van der Waals surface area contributed by atoms with Crippen molar-refractivity contribution in [1.29, 1.82) is 0 Å². The van der Waals surface area contributed by atoms with Gasteiger partial charge in [0.1, 0.15) is 6.61 Å². The lowest BCUT2D eigenvalue weighted by Gasteiger charge is -2.00. The molecule has 1 heteroatoms. The van der Waals surface area contributed by atoms with Crippen LogP contribution in [0, 0.1) is 6.92 Å². The molecule has 0 heterocycles. The van der Waals surface area contributed by atoms with E-state index in [4.69, 9.17) is 4.74 Å². The lowest BCUT2D eigenvalue weighted by atomic mass is 10.1. The summed E-state index contributed by atoms with van der Waals surface area (Å²) in [4.78, 5) is 0. The molecule has 0 atom stereocenters. The van der Waals surface area contributed by atoms with E-state index in [1.54, 1.807) is 6.26 Å². The highest BCUT2D eigenvalue weighted by Crippen LogP contribution is 2.06. The van der Waals surface area contributed by atoms with E-state index in [-0.39, 0.29) is 0 Å². The highest BCUT2D eigenvalue weighted by Gasteiger charge is 1.89. The van der Waals surface area contributed by atoms with Crippen LogP contribution in [-0.4, -0.2) is 0 Å². The fourth-order valence-corrected chi connectivity index (χ4v) is 1.52. The number of hydrogen-bond acceptors (Lipinski definition) is 1. The predicted molar refractivity (Wildman–Crippen MR) is 71.4 cm³/mol. The summed E-state index contributed by atoms with van der Waals surface area (Å²) in [5.41, 5.74) is 3.61. The van der Waals surface area contributed by atoms with Crippen molar-refractivity contribution in [2.45, 2.75) is 13.5 Å². The second-order valence-corrected chi connectivity index (χ2v) is 4.01. The molecule has 0 fully saturated rings. The first-order valence-electron chi connectivity index (χ1n) is 5.73. The third-order valence-corrected chi connectivity index (χ3v) is 2.53. The summed E-state index contributed by atoms with van der Waals surface area (Å²) in [5.74, 6) is 0. The van der Waals surface area contributed by atoms with Crippen LogP contribution in [-0.2, 0) is 11.3 Å². The van der Waals surface area contributed by atoms with E-state index in [1.807, 2.05) is 24.3 Å². The Balaban J connectivity index is 1.84. The zero-order valence-corrected chi connectivity index (χ0v) is 9.97. The van der Waals surface area contributed by atoms with E-state index in [0.29, 0.717) is 6.61 Å². The van der Waals surface area contributed by atoms with Gasteiger partial charge in [0.25, 0.3) is 0 Å². The summed E-state index contributed by atoms with van der Waals surface area (Å²) in [6, 6.07) is 18.5. The summed E-state index contributed by atoms with van der Waals surface area (Å²) in [6.07, 6.45) is 3.72. The molecule has 0 aromatic heterocycles. The van der Waals surface area contributed by atoms with Gasteiger partial charge in [-0.15, -0.1) is 0 Å². The number of hydrogen-bond donors (Lipinski definition) is 0. The third-order valence-electron chi connectivity index (χ3n) is 2.53. The van der Waals surface area contributed by atoms with Crippen molar-refractivity contribution in [3.05, 3.63) is 77.5 Å². The Morgan fingerprint density at radius 2 is 1.65 bits per heavy atom. The molecule has 0 N–H and O–H groups in total. The predicted octanol–water partition coefficient (Wildman–Crippen LogP) is 4.18. The second-order valence-electron chi connectivity index (χ2n) is 4.01. The first kappa shape index (κ1) is 11.5. The molecule has 0 aliphatic rings. The van der Waals surface area contributed by atoms with Gasteiger partial charge in [0.2, 0.25) is 0 Å². The average molecular weight is 224 g/mol. The van der Waals surface area contributed by atoms with Crippen molar-refractivity contribution >= 4 is 6.08 Å². The minimum Gasteiger partial charge on any atom is -0.496 e. The maximum absolute atomic E-state index is 5.47. The molecule has 0 radical (unpaired) electrons. The van der Waals surface area contributed by atoms with Gasteiger partial charge in [0, 0.05) is 0 Å². The smallest absolute Gasteiger partial charge is 0.112 e. The van der Waals surface area contributed by atoms with E-state index in [1.165, 1.54) is 11.1 Å². The van der Waals surface area contributed by atoms with Crippen LogP contribution in [0.15, 0.2) is 60.9 Å². The van der Waals surface area contributed by atoms with Crippen LogP contribution in [0.4, 0.5) is 0 Å². The molecule has 2 aromatic rings. The summed E-state index contributed by atoms with van der Waals surface area (Å²) < 4.78 is 5.47. The quantitative estimate of drug-likeness (QED) is 0.708. The molecule has 86 valence electrons. The van der Waals surface area contributed by atoms with Crippen LogP contribution in [0.1, 0.15) is 16.7 Å². The SMILES string of the molecule is Cc1ccc(/C=C/OCc2ccccc2)cc1. The van der Waals surface area contributed by atoms with Crippen LogP contribution < -0.4 is 0 Å². The fourth-order valence-electron chi connectivity index (χ4n) is 1.52. The molecule has 2 aromatic carbocycles. The van der Waals surface area contributed by atoms with Gasteiger partial charge in [0.05, 0.1) is 6.26 Å². The molecule has 0 saturated heterocycles. The molecule has 0 saturated carbocycles. The summed E-state index contributed by atoms with van der Waals surface area (Å²) in [5, 5.41) is 0. The molecule has 0 spiro atoms. The van der Waals surface area contributed by atoms with Crippen molar-refractivity contribution in [2.24, 2.45) is 0 Å². The normalized spacial score (nSPS) is 10.6. The molecule has 0 bridgehead atoms. The lowest BCUT2D eigenvalue weighted by molar-refractivity contribution is 0.239. The Morgan fingerprint density at radius 1 is 0.941 bits per heavy atom. The third kappa shape index (κ3) is 3.80. The summed E-state index contributed by atoms with van der Waals surface area (Å²) in [6.45, 7) is 2.70. The molecule has 0 amide bonds. The Hall–Kier alpha value is -2.02. The monoisotopic (exact) mass is 224 g/mol. The van der Waals surface area contributed by atoms with Gasteiger partial charge in [0.15, 0.2) is 0 Å². The zero-order chi connectivity index (χ0) is 11.9. The molecule has 2 rings (SSSR count). The van der Waals surface area contributed by atoms with E-state index < -0.39 is 0 Å². The van der Waals surface area contributed by atoms with Crippen molar-refractivity contribution < 1.29 is 4.74 Å². The standard InChI is InChI=1S/C16H16O/c1-14-7-9-15(10-8-14)11-12-17-13-16-5-3-2-4-6-16/h2-12H,13H2,1H3/b12-11+. The van der Waals surface area contributed by atoms with Gasteiger partial charge in [-0.05, 0) is 24.1 Å². The van der Waals surface area contributed by atoms with Gasteiger partial charge in [-0.1, -0.05) is 60.2 Å². The average Bonchev–Trinajstić information content (AvgIpc) is 2.38. The minimum absolute atomic E-state index is 0.614. The van der Waals surface area contributed by atoms with Crippen LogP contribution in [0.3, 0.4) is 0 Å².